The summed E-state index contributed by atoms with van der Waals surface area (Å²) in [6.45, 7) is 1.42. The van der Waals surface area contributed by atoms with Crippen molar-refractivity contribution in [2.24, 2.45) is 0 Å². The van der Waals surface area contributed by atoms with Crippen molar-refractivity contribution in [1.82, 2.24) is 0 Å². The van der Waals surface area contributed by atoms with Crippen molar-refractivity contribution in [2.75, 3.05) is 4.90 Å². The molecule has 0 spiro atoms. The average molecular weight is 3100 g/mol. The Morgan fingerprint density at radius 3 is 0.796 bits per heavy atom. The molecule has 37 unspecified atom stereocenters. The van der Waals surface area contributed by atoms with Crippen molar-refractivity contribution < 1.29 is 0 Å². The fraction of sp³-hybridized carbons (Fsp3) is 0.447. The Bertz CT molecular complexity index is 4730. The van der Waals surface area contributed by atoms with E-state index < -0.39 is 0 Å². The number of hydrogen-bond donors (Lipinski definition) is 0. The highest BCUT2D eigenvalue weighted by atomic mass is 33.6. The molecule has 1 nitrogen and oxygen atoms in total. The van der Waals surface area contributed by atoms with Crippen LogP contribution in [0.3, 0.4) is 0 Å². The molecule has 0 fully saturated rings. The standard InChI is InChI=1S/C76H93NS.H66P64/c1-5-9-13-17-21-31-53-75(54-32-22-18-14-10-6-2)65-46-28-25-42-63(65)72-67(75)48-37-50-69(72)77(59-40-35-39-58(57-59)60-44-36-45-62-61-41-27-30-52-71(61)78-74(60)62)70-51-38-49-68-73(70)64-43-26-29-47-66(64)76(68,55-33-23-19-15-11-7-3)56-34-24-20-16-12-8-4;1-34(2)50(33)58(49(31)32)62(57(47(27)28)48(29)30)64(61(55(43(19)20)44(21)22)56(45(23)24)46(25)26)63(59(51(35(3)4)36(5)6)52(37(7)8)38(9)10)60(53(39(11)12)40(13)14)54(41(15)16)42(17)18/h25-30,35-52,57H,5-24,31-34,53-56H2,1-4H3;1-33H2. The van der Waals surface area contributed by atoms with Crippen molar-refractivity contribution >= 4 is 560 Å². The maximum Gasteiger partial charge on any atom is 0.0543 e. The maximum absolute atomic E-state index is 3.71. The minimum absolute atomic E-state index is 0.0174. The monoisotopic (exact) mass is 3100 g/mol. The fourth-order valence-corrected chi connectivity index (χ4v) is 937. The van der Waals surface area contributed by atoms with Crippen molar-refractivity contribution in [3.8, 4) is 33.4 Å². The van der Waals surface area contributed by atoms with Crippen LogP contribution in [-0.4, -0.2) is 0 Å². The molecule has 794 valence electrons. The molecule has 1 heterocycles. The van der Waals surface area contributed by atoms with Crippen molar-refractivity contribution in [3.63, 3.8) is 0 Å². The van der Waals surface area contributed by atoms with E-state index in [4.69, 9.17) is 0 Å². The van der Waals surface area contributed by atoms with Gasteiger partial charge in [0.1, 0.15) is 0 Å². The number of hydrogen-bond acceptors (Lipinski definition) is 2. The van der Waals surface area contributed by atoms with Crippen LogP contribution in [0.25, 0.3) is 53.6 Å². The van der Waals surface area contributed by atoms with E-state index in [2.05, 4.69) is 479 Å². The van der Waals surface area contributed by atoms with Crippen LogP contribution >= 0.6 is 523 Å². The van der Waals surface area contributed by atoms with Crippen LogP contribution < -0.4 is 4.90 Å². The summed E-state index contributed by atoms with van der Waals surface area (Å²) < 4.78 is 2.72. The predicted octanol–water partition coefficient (Wildman–Crippen LogP) is 62.2. The number of nitrogens with zero attached hydrogens (tertiary/aromatic N) is 1. The van der Waals surface area contributed by atoms with Gasteiger partial charge in [-0.3, -0.25) is 0 Å². The first-order valence-electron chi connectivity index (χ1n) is 46.4. The van der Waals surface area contributed by atoms with Gasteiger partial charge in [-0.15, -0.1) is 306 Å². The minimum Gasteiger partial charge on any atom is -0.309 e. The van der Waals surface area contributed by atoms with E-state index in [1.54, 1.807) is 22.3 Å². The number of fused-ring (bicyclic) bond motifs is 9. The van der Waals surface area contributed by atoms with E-state index in [0.717, 1.165) is 0 Å². The molecule has 37 atom stereocenters. The van der Waals surface area contributed by atoms with Gasteiger partial charge < -0.3 is 4.90 Å². The van der Waals surface area contributed by atoms with E-state index in [9.17, 15) is 0 Å². The molecule has 0 saturated carbocycles. The quantitative estimate of drug-likeness (QED) is 0.0271. The molecular formula is C76H159NP64S. The van der Waals surface area contributed by atoms with E-state index in [-0.39, 0.29) is 227 Å². The molecule has 8 aromatic rings. The highest BCUT2D eigenvalue weighted by Gasteiger charge is 2.63. The van der Waals surface area contributed by atoms with Gasteiger partial charge in [0.25, 0.3) is 0 Å². The van der Waals surface area contributed by atoms with Crippen molar-refractivity contribution in [3.05, 3.63) is 174 Å². The van der Waals surface area contributed by atoms with Gasteiger partial charge in [-0.2, -0.15) is 0 Å². The summed E-state index contributed by atoms with van der Waals surface area (Å²) in [6, 6.07) is 60.1. The topological polar surface area (TPSA) is 3.24 Å². The van der Waals surface area contributed by atoms with Crippen molar-refractivity contribution in [2.45, 2.75) is 218 Å². The second kappa shape index (κ2) is 77.5. The number of benzene rings is 7. The molecule has 66 heteroatoms. The second-order valence-electron chi connectivity index (χ2n) is 34.0. The Balaban J connectivity index is 0.000000325. The zero-order valence-electron chi connectivity index (χ0n) is 81.5. The van der Waals surface area contributed by atoms with Crippen LogP contribution in [0.1, 0.15) is 230 Å². The fourth-order valence-electron chi connectivity index (χ4n) is 18.5. The molecule has 2 aliphatic rings. The molecule has 0 N–H and O–H groups in total. The summed E-state index contributed by atoms with van der Waals surface area (Å²) in [5.74, 6) is 0. The van der Waals surface area contributed by atoms with Gasteiger partial charge in [0, 0.05) is 47.8 Å². The molecule has 10 rings (SSSR count). The van der Waals surface area contributed by atoms with Crippen LogP contribution in [0.2, 0.25) is 0 Å². The van der Waals surface area contributed by atoms with Crippen LogP contribution in [0.15, 0.2) is 152 Å². The average Bonchev–Trinajstić information content (AvgIpc) is 1.23. The highest BCUT2D eigenvalue weighted by Crippen LogP contribution is 3.49. The van der Waals surface area contributed by atoms with Crippen molar-refractivity contribution in [1.29, 1.82) is 0 Å². The van der Waals surface area contributed by atoms with E-state index in [1.807, 2.05) is 11.3 Å². The van der Waals surface area contributed by atoms with Gasteiger partial charge in [0.05, 0.1) is 11.4 Å². The third kappa shape index (κ3) is 41.3. The Kier molecular flexibility index (Phi) is 80.5. The molecule has 0 saturated heterocycles. The third-order valence-electron chi connectivity index (χ3n) is 24.3. The number of anilines is 3. The SMILES string of the molecule is CCCCCCCCC1(CCCCCCCC)c2ccccc2-c2c(N(c3cccc(-c4cccc5c4sc4ccccc45)c3)c3cccc4c3-c3ccccc3C4(CCCCCCCC)CCCCCCCC)cccc21.PP(P)P(P)P(P(P)P)P(P(P(P)P)P(P)P)P(P(P(P(P)P)P(P)P)P(P(P)P)P(P)P)P(P(P(P(P)P)P(P)P)P(P(P)P)P(P)P)P(P(P(P)P)P(P)P)P(P(P)P)P(P)P. The molecule has 0 bridgehead atoms. The number of rotatable bonds is 62. The number of unbranched alkanes of at least 4 members (excludes halogenated alkanes) is 20. The smallest absolute Gasteiger partial charge is 0.0543 e. The second-order valence-corrected chi connectivity index (χ2v) is 299. The highest BCUT2D eigenvalue weighted by molar-refractivity contribution is 9.55. The lowest BCUT2D eigenvalue weighted by atomic mass is 9.70. The van der Waals surface area contributed by atoms with Gasteiger partial charge in [-0.1, -0.05) is 303 Å². The maximum atomic E-state index is 3.71. The summed E-state index contributed by atoms with van der Waals surface area (Å²) in [5.41, 5.74) is 18.5. The number of thiophene rings is 1. The van der Waals surface area contributed by atoms with Crippen LogP contribution in [0.4, 0.5) is 17.1 Å². The summed E-state index contributed by atoms with van der Waals surface area (Å²) in [7, 11) is 118. The van der Waals surface area contributed by atoms with E-state index in [1.165, 1.54) is 250 Å². The first-order valence-corrected chi connectivity index (χ1v) is 163. The molecule has 0 radical (unpaired) electrons. The zero-order valence-corrected chi connectivity index (χ0v) is 148. The predicted molar refractivity (Wildman–Crippen MR) is 879 cm³/mol. The molecule has 1 aromatic heterocycles. The van der Waals surface area contributed by atoms with Gasteiger partial charge in [0.2, 0.25) is 0 Å². The molecule has 7 aromatic carbocycles. The molecule has 0 aliphatic heterocycles. The van der Waals surface area contributed by atoms with E-state index >= 15 is 0 Å². The minimum atomic E-state index is -0.311. The summed E-state index contributed by atoms with van der Waals surface area (Å²) >= 11 is 1.94. The van der Waals surface area contributed by atoms with Gasteiger partial charge in [0.15, 0.2) is 0 Å². The molecule has 2 aliphatic carbocycles. The lowest BCUT2D eigenvalue weighted by Gasteiger charge is -2.61. The lowest BCUT2D eigenvalue weighted by Crippen LogP contribution is -2.26. The molecule has 0 amide bonds. The first kappa shape index (κ1) is 147. The van der Waals surface area contributed by atoms with E-state index in [0.29, 0.717) is 0 Å². The Morgan fingerprint density at radius 2 is 0.479 bits per heavy atom. The third-order valence-corrected chi connectivity index (χ3v) is 473. The first-order chi connectivity index (χ1) is 67.6. The summed E-state index contributed by atoms with van der Waals surface area (Å²) in [5, 5.41) is 2.70. The Morgan fingerprint density at radius 1 is 0.225 bits per heavy atom. The van der Waals surface area contributed by atoms with Crippen LogP contribution in [0, 0.1) is 0 Å². The van der Waals surface area contributed by atoms with Gasteiger partial charge in [-0.25, -0.2) is 0 Å². The summed E-state index contributed by atoms with van der Waals surface area (Å²) in [4.78, 5) is 2.76. The van der Waals surface area contributed by atoms with Gasteiger partial charge in [-0.05, 0) is 317 Å². The summed E-state index contributed by atoms with van der Waals surface area (Å²) in [6.07, 6.45) is 36.5. The largest absolute Gasteiger partial charge is 0.309 e. The zero-order chi connectivity index (χ0) is 104. The Labute approximate surface area is 978 Å². The molecular weight excluding hydrogens is 2940 g/mol. The normalized spacial score (nSPS) is 14.9. The van der Waals surface area contributed by atoms with Crippen LogP contribution in [0.5, 0.6) is 0 Å². The Hall–Kier alpha value is 22.1. The van der Waals surface area contributed by atoms with Gasteiger partial charge >= 0.3 is 0 Å². The van der Waals surface area contributed by atoms with Crippen LogP contribution in [-0.2, 0) is 10.8 Å². The lowest BCUT2D eigenvalue weighted by molar-refractivity contribution is 0.398. The molecule has 142 heavy (non-hydrogen) atoms.